The van der Waals surface area contributed by atoms with E-state index in [1.165, 1.54) is 18.0 Å². The van der Waals surface area contributed by atoms with Gasteiger partial charge in [0.2, 0.25) is 20.9 Å². The van der Waals surface area contributed by atoms with Crippen LogP contribution in [-0.2, 0) is 26.5 Å². The maximum absolute atomic E-state index is 11.9. The van der Waals surface area contributed by atoms with Gasteiger partial charge in [0.25, 0.3) is 0 Å². The fourth-order valence-corrected chi connectivity index (χ4v) is 3.28. The summed E-state index contributed by atoms with van der Waals surface area (Å²) in [5.74, 6) is -1.14. The first kappa shape index (κ1) is 18.2. The molecule has 0 aliphatic carbocycles. The molecule has 0 saturated carbocycles. The molecule has 0 spiro atoms. The molecule has 0 atom stereocenters. The van der Waals surface area contributed by atoms with Crippen LogP contribution in [0.5, 0.6) is 0 Å². The van der Waals surface area contributed by atoms with Crippen molar-refractivity contribution in [1.82, 2.24) is 15.3 Å². The number of carbonyl (C=O) groups is 1. The lowest BCUT2D eigenvalue weighted by Crippen LogP contribution is -2.32. The molecular formula is C17H23N3O3S. The van der Waals surface area contributed by atoms with Crippen LogP contribution in [0.4, 0.5) is 0 Å². The average molecular weight is 349 g/mol. The Bertz CT molecular complexity index is 773. The number of hydrogen-bond donors (Lipinski definition) is 2. The summed E-state index contributed by atoms with van der Waals surface area (Å²) in [5, 5.41) is 2.45. The number of amides is 1. The molecule has 1 heterocycles. The van der Waals surface area contributed by atoms with Crippen LogP contribution >= 0.6 is 0 Å². The van der Waals surface area contributed by atoms with Crippen molar-refractivity contribution in [3.05, 3.63) is 47.8 Å². The van der Waals surface area contributed by atoms with E-state index in [1.54, 1.807) is 0 Å². The molecule has 130 valence electrons. The first-order valence-electron chi connectivity index (χ1n) is 7.77. The number of benzene rings is 1. The van der Waals surface area contributed by atoms with Crippen LogP contribution in [0.1, 0.15) is 31.9 Å². The van der Waals surface area contributed by atoms with Crippen LogP contribution in [0.3, 0.4) is 0 Å². The van der Waals surface area contributed by atoms with Gasteiger partial charge >= 0.3 is 0 Å². The van der Waals surface area contributed by atoms with Gasteiger partial charge in [-0.25, -0.2) is 13.4 Å². The van der Waals surface area contributed by atoms with Gasteiger partial charge in [0.15, 0.2) is 0 Å². The van der Waals surface area contributed by atoms with E-state index >= 15 is 0 Å². The molecule has 0 radical (unpaired) electrons. The molecule has 0 aliphatic rings. The van der Waals surface area contributed by atoms with Crippen molar-refractivity contribution in [1.29, 1.82) is 0 Å². The Morgan fingerprint density at radius 1 is 1.21 bits per heavy atom. The highest BCUT2D eigenvalue weighted by Gasteiger charge is 2.21. The number of aromatic amines is 1. The highest BCUT2D eigenvalue weighted by atomic mass is 32.2. The van der Waals surface area contributed by atoms with Crippen LogP contribution < -0.4 is 5.32 Å². The molecule has 7 heteroatoms. The maximum atomic E-state index is 11.9. The molecule has 1 aromatic heterocycles. The van der Waals surface area contributed by atoms with Crippen LogP contribution in [0.2, 0.25) is 0 Å². The van der Waals surface area contributed by atoms with E-state index in [1.807, 2.05) is 12.1 Å². The van der Waals surface area contributed by atoms with Gasteiger partial charge in [0, 0.05) is 18.9 Å². The quantitative estimate of drug-likeness (QED) is 0.832. The van der Waals surface area contributed by atoms with Crippen molar-refractivity contribution in [2.45, 2.75) is 37.8 Å². The van der Waals surface area contributed by atoms with Gasteiger partial charge in [-0.3, -0.25) is 4.79 Å². The van der Waals surface area contributed by atoms with Crippen molar-refractivity contribution in [2.24, 2.45) is 0 Å². The van der Waals surface area contributed by atoms with Crippen molar-refractivity contribution >= 4 is 15.7 Å². The number of rotatable bonds is 6. The third-order valence-corrected chi connectivity index (χ3v) is 5.10. The number of aromatic nitrogens is 2. The Kier molecular flexibility index (Phi) is 5.43. The minimum absolute atomic E-state index is 0.104. The molecule has 0 bridgehead atoms. The fraction of sp³-hybridized carbons (Fsp3) is 0.412. The van der Waals surface area contributed by atoms with Crippen molar-refractivity contribution in [2.75, 3.05) is 12.3 Å². The number of sulfone groups is 1. The number of H-pyrrole nitrogens is 1. The van der Waals surface area contributed by atoms with Gasteiger partial charge in [-0.05, 0) is 23.0 Å². The monoisotopic (exact) mass is 349 g/mol. The summed E-state index contributed by atoms with van der Waals surface area (Å²) in [6.07, 6.45) is 3.40. The van der Waals surface area contributed by atoms with Crippen molar-refractivity contribution < 1.29 is 13.2 Å². The summed E-state index contributed by atoms with van der Waals surface area (Å²) < 4.78 is 23.8. The molecule has 2 aromatic rings. The highest BCUT2D eigenvalue weighted by molar-refractivity contribution is 7.91. The largest absolute Gasteiger partial charge is 0.355 e. The molecular weight excluding hydrogens is 326 g/mol. The Hall–Kier alpha value is -2.15. The lowest BCUT2D eigenvalue weighted by molar-refractivity contribution is -0.118. The third-order valence-electron chi connectivity index (χ3n) is 3.64. The lowest BCUT2D eigenvalue weighted by Gasteiger charge is -2.19. The van der Waals surface area contributed by atoms with E-state index in [4.69, 9.17) is 0 Å². The minimum Gasteiger partial charge on any atom is -0.355 e. The van der Waals surface area contributed by atoms with Gasteiger partial charge < -0.3 is 10.3 Å². The number of hydrogen-bond acceptors (Lipinski definition) is 4. The van der Waals surface area contributed by atoms with E-state index < -0.39 is 21.5 Å². The van der Waals surface area contributed by atoms with Crippen LogP contribution in [-0.4, -0.2) is 36.6 Å². The zero-order valence-electron chi connectivity index (χ0n) is 14.2. The molecule has 2 N–H and O–H groups in total. The molecule has 6 nitrogen and oxygen atoms in total. The molecule has 1 amide bonds. The van der Waals surface area contributed by atoms with Crippen molar-refractivity contribution in [3.63, 3.8) is 0 Å². The summed E-state index contributed by atoms with van der Waals surface area (Å²) in [7, 11) is -3.71. The SMILES string of the molecule is CC(C)(C)c1ccc(CCNC(=O)CS(=O)(=O)c2ncc[nH]2)cc1. The first-order valence-corrected chi connectivity index (χ1v) is 9.42. The summed E-state index contributed by atoms with van der Waals surface area (Å²) >= 11 is 0. The topological polar surface area (TPSA) is 91.9 Å². The average Bonchev–Trinajstić information content (AvgIpc) is 3.01. The van der Waals surface area contributed by atoms with Crippen LogP contribution in [0, 0.1) is 0 Å². The molecule has 24 heavy (non-hydrogen) atoms. The standard InChI is InChI=1S/C17H23N3O3S/c1-17(2,3)14-6-4-13(5-7-14)8-9-18-15(21)12-24(22,23)16-19-10-11-20-16/h4-7,10-11H,8-9,12H2,1-3H3,(H,18,21)(H,19,20). The van der Waals surface area contributed by atoms with Gasteiger partial charge in [0.1, 0.15) is 5.75 Å². The summed E-state index contributed by atoms with van der Waals surface area (Å²) in [6.45, 7) is 6.85. The Labute approximate surface area is 142 Å². The normalized spacial score (nSPS) is 12.1. The Morgan fingerprint density at radius 2 is 1.88 bits per heavy atom. The molecule has 0 unspecified atom stereocenters. The Balaban J connectivity index is 1.83. The number of imidazole rings is 1. The van der Waals surface area contributed by atoms with Gasteiger partial charge in [0.05, 0.1) is 0 Å². The predicted octanol–water partition coefficient (Wildman–Crippen LogP) is 1.84. The summed E-state index contributed by atoms with van der Waals surface area (Å²) in [6, 6.07) is 8.23. The minimum atomic E-state index is -3.71. The fourth-order valence-electron chi connectivity index (χ4n) is 2.23. The lowest BCUT2D eigenvalue weighted by atomic mass is 9.86. The summed E-state index contributed by atoms with van der Waals surface area (Å²) in [4.78, 5) is 18.0. The molecule has 2 rings (SSSR count). The van der Waals surface area contributed by atoms with Gasteiger partial charge in [-0.2, -0.15) is 0 Å². The molecule has 0 saturated heterocycles. The Morgan fingerprint density at radius 3 is 2.42 bits per heavy atom. The van der Waals surface area contributed by atoms with Crippen LogP contribution in [0.15, 0.2) is 41.8 Å². The second-order valence-electron chi connectivity index (χ2n) is 6.70. The van der Waals surface area contributed by atoms with E-state index in [2.05, 4.69) is 48.2 Å². The molecule has 0 fully saturated rings. The predicted molar refractivity (Wildman–Crippen MR) is 92.5 cm³/mol. The van der Waals surface area contributed by atoms with E-state index in [-0.39, 0.29) is 10.6 Å². The first-order chi connectivity index (χ1) is 11.2. The van der Waals surface area contributed by atoms with Crippen molar-refractivity contribution in [3.8, 4) is 0 Å². The number of carbonyl (C=O) groups excluding carboxylic acids is 1. The highest BCUT2D eigenvalue weighted by Crippen LogP contribution is 2.22. The van der Waals surface area contributed by atoms with E-state index in [0.717, 1.165) is 5.56 Å². The van der Waals surface area contributed by atoms with Gasteiger partial charge in [-0.1, -0.05) is 45.0 Å². The zero-order chi connectivity index (χ0) is 17.8. The molecule has 1 aromatic carbocycles. The maximum Gasteiger partial charge on any atom is 0.235 e. The zero-order valence-corrected chi connectivity index (χ0v) is 15.0. The van der Waals surface area contributed by atoms with E-state index in [9.17, 15) is 13.2 Å². The van der Waals surface area contributed by atoms with Crippen LogP contribution in [0.25, 0.3) is 0 Å². The second kappa shape index (κ2) is 7.17. The second-order valence-corrected chi connectivity index (χ2v) is 8.61. The molecule has 0 aliphatic heterocycles. The third kappa shape index (κ3) is 4.92. The van der Waals surface area contributed by atoms with E-state index in [0.29, 0.717) is 13.0 Å². The number of nitrogens with one attached hydrogen (secondary N) is 2. The number of nitrogens with zero attached hydrogens (tertiary/aromatic N) is 1. The van der Waals surface area contributed by atoms with Gasteiger partial charge in [-0.15, -0.1) is 0 Å². The smallest absolute Gasteiger partial charge is 0.235 e. The summed E-state index contributed by atoms with van der Waals surface area (Å²) in [5.41, 5.74) is 2.45.